The monoisotopic (exact) mass is 242 g/mol. The second-order valence-electron chi connectivity index (χ2n) is 4.07. The van der Waals surface area contributed by atoms with Gasteiger partial charge in [0.25, 0.3) is 0 Å². The number of hydrogen-bond donors (Lipinski definition) is 4. The van der Waals surface area contributed by atoms with E-state index < -0.39 is 0 Å². The highest BCUT2D eigenvalue weighted by Crippen LogP contribution is 2.16. The van der Waals surface area contributed by atoms with E-state index in [0.29, 0.717) is 0 Å². The van der Waals surface area contributed by atoms with Crippen LogP contribution in [0.4, 0.5) is 11.6 Å². The lowest BCUT2D eigenvalue weighted by Gasteiger charge is -1.99. The van der Waals surface area contributed by atoms with Gasteiger partial charge in [0.05, 0.1) is 11.0 Å². The number of benzene rings is 1. The van der Waals surface area contributed by atoms with Gasteiger partial charge in [-0.25, -0.2) is 9.97 Å². The molecule has 0 unspecified atom stereocenters. The number of rotatable bonds is 4. The zero-order valence-electron chi connectivity index (χ0n) is 9.77. The third-order valence-corrected chi connectivity index (χ3v) is 2.72. The Morgan fingerprint density at radius 2 is 2.28 bits per heavy atom. The normalized spacial score (nSPS) is 10.9. The van der Waals surface area contributed by atoms with Gasteiger partial charge in [-0.15, -0.1) is 0 Å². The minimum absolute atomic E-state index is 0.730. The van der Waals surface area contributed by atoms with Gasteiger partial charge in [0, 0.05) is 31.0 Å². The van der Waals surface area contributed by atoms with Crippen LogP contribution in [0.15, 0.2) is 30.6 Å². The molecule has 0 radical (unpaired) electrons. The first-order valence-corrected chi connectivity index (χ1v) is 5.78. The summed E-state index contributed by atoms with van der Waals surface area (Å²) in [5.41, 5.74) is 8.29. The SMILES string of the molecule is Nc1ccc2nc(NCCc3ncc[nH]3)[nH]c2c1. The summed E-state index contributed by atoms with van der Waals surface area (Å²) in [6, 6.07) is 5.62. The number of nitrogens with two attached hydrogens (primary N) is 1. The Labute approximate surface area is 104 Å². The van der Waals surface area contributed by atoms with Crippen LogP contribution in [0.2, 0.25) is 0 Å². The molecule has 6 heteroatoms. The number of nitrogens with zero attached hydrogens (tertiary/aromatic N) is 2. The Morgan fingerprint density at radius 1 is 1.33 bits per heavy atom. The minimum atomic E-state index is 0.730. The smallest absolute Gasteiger partial charge is 0.201 e. The summed E-state index contributed by atoms with van der Waals surface area (Å²) in [5.74, 6) is 1.71. The molecule has 0 aliphatic carbocycles. The van der Waals surface area contributed by atoms with Gasteiger partial charge in [0.1, 0.15) is 5.82 Å². The molecule has 3 rings (SSSR count). The molecule has 6 nitrogen and oxygen atoms in total. The van der Waals surface area contributed by atoms with Gasteiger partial charge in [-0.2, -0.15) is 0 Å². The molecule has 0 aliphatic heterocycles. The Bertz CT molecular complexity index is 640. The highest BCUT2D eigenvalue weighted by molar-refractivity contribution is 5.80. The molecule has 0 amide bonds. The maximum Gasteiger partial charge on any atom is 0.201 e. The first kappa shape index (κ1) is 10.6. The predicted octanol–water partition coefficient (Wildman–Crippen LogP) is 1.52. The molecule has 0 bridgehead atoms. The molecule has 0 aliphatic rings. The lowest BCUT2D eigenvalue weighted by molar-refractivity contribution is 0.918. The Balaban J connectivity index is 1.67. The van der Waals surface area contributed by atoms with Crippen LogP contribution in [0, 0.1) is 0 Å². The molecule has 0 fully saturated rings. The number of nitrogen functional groups attached to an aromatic ring is 1. The molecular weight excluding hydrogens is 228 g/mol. The van der Waals surface area contributed by atoms with Crippen molar-refractivity contribution in [2.75, 3.05) is 17.6 Å². The third kappa shape index (κ3) is 2.13. The van der Waals surface area contributed by atoms with Gasteiger partial charge in [0.2, 0.25) is 5.95 Å². The fourth-order valence-electron chi connectivity index (χ4n) is 1.84. The zero-order chi connectivity index (χ0) is 12.4. The van der Waals surface area contributed by atoms with Crippen molar-refractivity contribution in [3.05, 3.63) is 36.4 Å². The molecule has 2 heterocycles. The van der Waals surface area contributed by atoms with Crippen molar-refractivity contribution in [1.29, 1.82) is 0 Å². The van der Waals surface area contributed by atoms with Crippen LogP contribution < -0.4 is 11.1 Å². The van der Waals surface area contributed by atoms with Crippen molar-refractivity contribution < 1.29 is 0 Å². The molecule has 92 valence electrons. The van der Waals surface area contributed by atoms with Gasteiger partial charge in [-0.1, -0.05) is 0 Å². The van der Waals surface area contributed by atoms with E-state index in [1.807, 2.05) is 24.4 Å². The maximum atomic E-state index is 5.72. The lowest BCUT2D eigenvalue weighted by atomic mass is 10.3. The van der Waals surface area contributed by atoms with E-state index in [1.165, 1.54) is 0 Å². The number of anilines is 2. The zero-order valence-corrected chi connectivity index (χ0v) is 9.77. The molecular formula is C12H14N6. The minimum Gasteiger partial charge on any atom is -0.399 e. The third-order valence-electron chi connectivity index (χ3n) is 2.72. The van der Waals surface area contributed by atoms with E-state index in [-0.39, 0.29) is 0 Å². The molecule has 0 saturated heterocycles. The standard InChI is InChI=1S/C12H14N6/c13-8-1-2-9-10(7-8)18-12(17-9)16-4-3-11-14-5-6-15-11/h1-2,5-7H,3-4,13H2,(H,14,15)(H2,16,17,18). The highest BCUT2D eigenvalue weighted by atomic mass is 15.1. The quantitative estimate of drug-likeness (QED) is 0.522. The Kier molecular flexibility index (Phi) is 2.60. The summed E-state index contributed by atoms with van der Waals surface area (Å²) in [7, 11) is 0. The van der Waals surface area contributed by atoms with Gasteiger partial charge in [0.15, 0.2) is 0 Å². The van der Waals surface area contributed by atoms with Crippen molar-refractivity contribution >= 4 is 22.7 Å². The number of hydrogen-bond acceptors (Lipinski definition) is 4. The molecule has 5 N–H and O–H groups in total. The second-order valence-corrected chi connectivity index (χ2v) is 4.07. The van der Waals surface area contributed by atoms with Gasteiger partial charge in [-0.3, -0.25) is 0 Å². The van der Waals surface area contributed by atoms with Crippen LogP contribution in [0.5, 0.6) is 0 Å². The van der Waals surface area contributed by atoms with Crippen molar-refractivity contribution in [1.82, 2.24) is 19.9 Å². The van der Waals surface area contributed by atoms with Crippen molar-refractivity contribution in [3.8, 4) is 0 Å². The van der Waals surface area contributed by atoms with Crippen LogP contribution in [-0.4, -0.2) is 26.5 Å². The average Bonchev–Trinajstić information content (AvgIpc) is 2.97. The van der Waals surface area contributed by atoms with E-state index >= 15 is 0 Å². The summed E-state index contributed by atoms with van der Waals surface area (Å²) in [6.45, 7) is 0.767. The van der Waals surface area contributed by atoms with Crippen LogP contribution in [0.25, 0.3) is 11.0 Å². The van der Waals surface area contributed by atoms with Crippen LogP contribution in [0.1, 0.15) is 5.82 Å². The first-order valence-electron chi connectivity index (χ1n) is 5.78. The van der Waals surface area contributed by atoms with Gasteiger partial charge < -0.3 is 21.0 Å². The summed E-state index contributed by atoms with van der Waals surface area (Å²) >= 11 is 0. The summed E-state index contributed by atoms with van der Waals surface area (Å²) in [6.07, 6.45) is 4.39. The number of H-pyrrole nitrogens is 2. The fourth-order valence-corrected chi connectivity index (χ4v) is 1.84. The topological polar surface area (TPSA) is 95.4 Å². The maximum absolute atomic E-state index is 5.72. The van der Waals surface area contributed by atoms with E-state index in [9.17, 15) is 0 Å². The number of imidazole rings is 2. The number of nitrogens with one attached hydrogen (secondary N) is 3. The van der Waals surface area contributed by atoms with Gasteiger partial charge >= 0.3 is 0 Å². The van der Waals surface area contributed by atoms with Crippen molar-refractivity contribution in [3.63, 3.8) is 0 Å². The molecule has 2 aromatic heterocycles. The second kappa shape index (κ2) is 4.40. The molecule has 3 aromatic rings. The van der Waals surface area contributed by atoms with E-state index in [0.717, 1.165) is 41.5 Å². The Morgan fingerprint density at radius 3 is 3.11 bits per heavy atom. The number of aromatic amines is 2. The van der Waals surface area contributed by atoms with Crippen LogP contribution in [0.3, 0.4) is 0 Å². The molecule has 0 spiro atoms. The first-order chi connectivity index (χ1) is 8.81. The molecule has 18 heavy (non-hydrogen) atoms. The van der Waals surface area contributed by atoms with Crippen LogP contribution in [-0.2, 0) is 6.42 Å². The summed E-state index contributed by atoms with van der Waals surface area (Å²) in [4.78, 5) is 14.8. The van der Waals surface area contributed by atoms with E-state index in [1.54, 1.807) is 6.20 Å². The molecule has 0 atom stereocenters. The molecule has 1 aromatic carbocycles. The van der Waals surface area contributed by atoms with Gasteiger partial charge in [-0.05, 0) is 18.2 Å². The Hall–Kier alpha value is -2.50. The predicted molar refractivity (Wildman–Crippen MR) is 71.3 cm³/mol. The van der Waals surface area contributed by atoms with Crippen molar-refractivity contribution in [2.24, 2.45) is 0 Å². The number of aromatic nitrogens is 4. The summed E-state index contributed by atoms with van der Waals surface area (Å²) in [5, 5.41) is 3.22. The largest absolute Gasteiger partial charge is 0.399 e. The van der Waals surface area contributed by atoms with Crippen molar-refractivity contribution in [2.45, 2.75) is 6.42 Å². The lowest BCUT2D eigenvalue weighted by Crippen LogP contribution is -2.06. The highest BCUT2D eigenvalue weighted by Gasteiger charge is 2.02. The fraction of sp³-hybridized carbons (Fsp3) is 0.167. The van der Waals surface area contributed by atoms with E-state index in [4.69, 9.17) is 5.73 Å². The molecule has 0 saturated carbocycles. The number of fused-ring (bicyclic) bond motifs is 1. The summed E-state index contributed by atoms with van der Waals surface area (Å²) < 4.78 is 0. The van der Waals surface area contributed by atoms with E-state index in [2.05, 4.69) is 25.3 Å². The average molecular weight is 242 g/mol. The van der Waals surface area contributed by atoms with Crippen LogP contribution >= 0.6 is 0 Å².